The average molecular weight is 286 g/mol. The summed E-state index contributed by atoms with van der Waals surface area (Å²) in [4.78, 5) is 33.0. The fraction of sp³-hybridized carbons (Fsp3) is 0.333. The van der Waals surface area contributed by atoms with Crippen molar-refractivity contribution in [3.05, 3.63) is 39.4 Å². The molecule has 0 heterocycles. The van der Waals surface area contributed by atoms with E-state index in [1.165, 1.54) is 19.1 Å². The number of nitro groups is 1. The Kier molecular flexibility index (Phi) is 5.00. The van der Waals surface area contributed by atoms with Gasteiger partial charge in [0.25, 0.3) is 5.69 Å². The van der Waals surface area contributed by atoms with E-state index in [9.17, 15) is 19.7 Å². The summed E-state index contributed by atoms with van der Waals surface area (Å²) >= 11 is 5.86. The molecule has 19 heavy (non-hydrogen) atoms. The summed E-state index contributed by atoms with van der Waals surface area (Å²) in [6, 6.07) is 3.70. The van der Waals surface area contributed by atoms with E-state index in [4.69, 9.17) is 16.3 Å². The van der Waals surface area contributed by atoms with Crippen molar-refractivity contribution in [2.75, 3.05) is 6.61 Å². The fourth-order valence-electron chi connectivity index (χ4n) is 1.48. The predicted molar refractivity (Wildman–Crippen MR) is 68.3 cm³/mol. The summed E-state index contributed by atoms with van der Waals surface area (Å²) in [7, 11) is 0. The van der Waals surface area contributed by atoms with Gasteiger partial charge in [-0.05, 0) is 25.5 Å². The monoisotopic (exact) mass is 285 g/mol. The van der Waals surface area contributed by atoms with E-state index in [0.717, 1.165) is 6.07 Å². The van der Waals surface area contributed by atoms with Crippen molar-refractivity contribution >= 4 is 29.0 Å². The number of nitro benzene ring substituents is 1. The van der Waals surface area contributed by atoms with Gasteiger partial charge in [0.05, 0.1) is 11.5 Å². The Labute approximate surface area is 114 Å². The first kappa shape index (κ1) is 15.1. The van der Waals surface area contributed by atoms with Gasteiger partial charge in [-0.15, -0.1) is 11.6 Å². The predicted octanol–water partition coefficient (Wildman–Crippen LogP) is 2.64. The molecule has 7 heteroatoms. The lowest BCUT2D eigenvalue weighted by Crippen LogP contribution is -2.10. The Bertz CT molecular complexity index is 529. The molecule has 1 rings (SSSR count). The van der Waals surface area contributed by atoms with Crippen LogP contribution >= 0.6 is 11.6 Å². The number of esters is 1. The molecule has 0 aromatic heterocycles. The van der Waals surface area contributed by atoms with Crippen LogP contribution in [-0.2, 0) is 9.53 Å². The highest BCUT2D eigenvalue weighted by Crippen LogP contribution is 2.27. The molecule has 1 unspecified atom stereocenters. The van der Waals surface area contributed by atoms with Crippen LogP contribution in [0.25, 0.3) is 0 Å². The topological polar surface area (TPSA) is 86.5 Å². The van der Waals surface area contributed by atoms with E-state index < -0.39 is 16.3 Å². The highest BCUT2D eigenvalue weighted by molar-refractivity contribution is 6.30. The second kappa shape index (κ2) is 6.29. The molecule has 0 aliphatic rings. The van der Waals surface area contributed by atoms with Crippen molar-refractivity contribution in [3.63, 3.8) is 0 Å². The molecule has 0 fully saturated rings. The number of carbonyl (C=O) groups excluding carboxylic acids is 2. The number of halogens is 1. The van der Waals surface area contributed by atoms with Gasteiger partial charge in [0.2, 0.25) is 0 Å². The van der Waals surface area contributed by atoms with Crippen molar-refractivity contribution < 1.29 is 19.2 Å². The van der Waals surface area contributed by atoms with Gasteiger partial charge < -0.3 is 4.74 Å². The molecule has 0 saturated heterocycles. The Morgan fingerprint density at radius 3 is 2.58 bits per heavy atom. The number of hydrogen-bond donors (Lipinski definition) is 0. The third-order valence-corrected chi connectivity index (χ3v) is 2.92. The van der Waals surface area contributed by atoms with Gasteiger partial charge in [-0.1, -0.05) is 6.07 Å². The quantitative estimate of drug-likeness (QED) is 0.359. The van der Waals surface area contributed by atoms with Crippen LogP contribution in [0.15, 0.2) is 18.2 Å². The van der Waals surface area contributed by atoms with Gasteiger partial charge in [0.1, 0.15) is 10.9 Å². The molecule has 1 atom stereocenters. The number of ketones is 1. The average Bonchev–Trinajstić information content (AvgIpc) is 2.37. The number of alkyl halides is 1. The second-order valence-electron chi connectivity index (χ2n) is 3.73. The molecule has 0 N–H and O–H groups in total. The molecule has 0 aliphatic carbocycles. The zero-order valence-electron chi connectivity index (χ0n) is 10.4. The minimum absolute atomic E-state index is 0.0945. The molecule has 0 bridgehead atoms. The van der Waals surface area contributed by atoms with Crippen LogP contribution in [0.1, 0.15) is 35.1 Å². The number of nitrogens with zero attached hydrogens (tertiary/aromatic N) is 1. The lowest BCUT2D eigenvalue weighted by atomic mass is 10.0. The first-order valence-electron chi connectivity index (χ1n) is 5.48. The minimum atomic E-state index is -0.950. The zero-order chi connectivity index (χ0) is 14.6. The number of ether oxygens (including phenoxy) is 1. The molecule has 0 spiro atoms. The van der Waals surface area contributed by atoms with Gasteiger partial charge in [-0.2, -0.15) is 0 Å². The van der Waals surface area contributed by atoms with Crippen LogP contribution < -0.4 is 0 Å². The molecular weight excluding hydrogens is 274 g/mol. The van der Waals surface area contributed by atoms with Crippen LogP contribution in [0.4, 0.5) is 5.69 Å². The molecule has 102 valence electrons. The van der Waals surface area contributed by atoms with Gasteiger partial charge >= 0.3 is 5.97 Å². The first-order valence-corrected chi connectivity index (χ1v) is 5.92. The number of rotatable bonds is 5. The molecule has 6 nitrogen and oxygen atoms in total. The van der Waals surface area contributed by atoms with Crippen LogP contribution in [-0.4, -0.2) is 23.3 Å². The number of hydrogen-bond acceptors (Lipinski definition) is 5. The third-order valence-electron chi connectivity index (χ3n) is 2.36. The minimum Gasteiger partial charge on any atom is -0.462 e. The largest absolute Gasteiger partial charge is 0.462 e. The SMILES string of the molecule is CCOC(=O)c1cc(C(Cl)C(C)=O)ccc1[N+](=O)[O-]. The van der Waals surface area contributed by atoms with Crippen LogP contribution in [0.2, 0.25) is 0 Å². The molecule has 0 aliphatic heterocycles. The number of Topliss-reactive ketones (excluding diaryl/α,β-unsaturated/α-hetero) is 1. The van der Waals surface area contributed by atoms with Crippen LogP contribution in [0.3, 0.4) is 0 Å². The summed E-state index contributed by atoms with van der Waals surface area (Å²) in [6.45, 7) is 2.98. The lowest BCUT2D eigenvalue weighted by Gasteiger charge is -2.08. The van der Waals surface area contributed by atoms with Crippen molar-refractivity contribution in [2.24, 2.45) is 0 Å². The summed E-state index contributed by atoms with van der Waals surface area (Å²) < 4.78 is 4.74. The highest BCUT2D eigenvalue weighted by atomic mass is 35.5. The van der Waals surface area contributed by atoms with E-state index in [-0.39, 0.29) is 23.6 Å². The third kappa shape index (κ3) is 3.51. The summed E-state index contributed by atoms with van der Waals surface area (Å²) in [5.74, 6) is -1.13. The second-order valence-corrected chi connectivity index (χ2v) is 4.16. The Morgan fingerprint density at radius 1 is 1.47 bits per heavy atom. The van der Waals surface area contributed by atoms with Gasteiger partial charge in [0.15, 0.2) is 5.78 Å². The van der Waals surface area contributed by atoms with Gasteiger partial charge in [-0.25, -0.2) is 4.79 Å². The molecule has 1 aromatic carbocycles. The summed E-state index contributed by atoms with van der Waals surface area (Å²) in [5.41, 5.74) is -0.270. The van der Waals surface area contributed by atoms with E-state index >= 15 is 0 Å². The maximum Gasteiger partial charge on any atom is 0.345 e. The molecule has 0 saturated carbocycles. The highest BCUT2D eigenvalue weighted by Gasteiger charge is 2.24. The Hall–Kier alpha value is -1.95. The molecule has 0 radical (unpaired) electrons. The maximum atomic E-state index is 11.7. The number of benzene rings is 1. The molecular formula is C12H12ClNO5. The van der Waals surface area contributed by atoms with Crippen molar-refractivity contribution in [2.45, 2.75) is 19.2 Å². The Morgan fingerprint density at radius 2 is 2.11 bits per heavy atom. The van der Waals surface area contributed by atoms with Crippen molar-refractivity contribution in [1.82, 2.24) is 0 Å². The van der Waals surface area contributed by atoms with E-state index in [1.807, 2.05) is 0 Å². The first-order chi connectivity index (χ1) is 8.88. The van der Waals surface area contributed by atoms with Gasteiger partial charge in [-0.3, -0.25) is 14.9 Å². The van der Waals surface area contributed by atoms with Gasteiger partial charge in [0, 0.05) is 6.07 Å². The standard InChI is InChI=1S/C12H12ClNO5/c1-3-19-12(16)9-6-8(11(13)7(2)15)4-5-10(9)14(17)18/h4-6,11H,3H2,1-2H3. The van der Waals surface area contributed by atoms with Crippen LogP contribution in [0.5, 0.6) is 0 Å². The normalized spacial score (nSPS) is 11.7. The van der Waals surface area contributed by atoms with Crippen molar-refractivity contribution in [3.8, 4) is 0 Å². The number of carbonyl (C=O) groups is 2. The van der Waals surface area contributed by atoms with E-state index in [0.29, 0.717) is 5.56 Å². The molecule has 1 aromatic rings. The maximum absolute atomic E-state index is 11.7. The zero-order valence-corrected chi connectivity index (χ0v) is 11.1. The smallest absolute Gasteiger partial charge is 0.345 e. The van der Waals surface area contributed by atoms with E-state index in [1.54, 1.807) is 6.92 Å². The fourth-order valence-corrected chi connectivity index (χ4v) is 1.61. The Balaban J connectivity index is 3.29. The van der Waals surface area contributed by atoms with E-state index in [2.05, 4.69) is 0 Å². The van der Waals surface area contributed by atoms with Crippen LogP contribution in [0, 0.1) is 10.1 Å². The summed E-state index contributed by atoms with van der Waals surface area (Å²) in [6.07, 6.45) is 0. The molecule has 0 amide bonds. The summed E-state index contributed by atoms with van der Waals surface area (Å²) in [5, 5.41) is 9.89. The lowest BCUT2D eigenvalue weighted by molar-refractivity contribution is -0.385. The van der Waals surface area contributed by atoms with Crippen molar-refractivity contribution in [1.29, 1.82) is 0 Å².